The van der Waals surface area contributed by atoms with Gasteiger partial charge in [-0.25, -0.2) is 4.98 Å². The Balaban J connectivity index is 2.71. The number of hydrogen-bond donors (Lipinski definition) is 2. The predicted octanol–water partition coefficient (Wildman–Crippen LogP) is -0.0126. The lowest BCUT2D eigenvalue weighted by molar-refractivity contribution is -0.114. The molecule has 5 heteroatoms. The standard InChI is InChI=1S/C8H11N3O2/c1-13-8-4-6(2-3-10-8)11-7(12)5-9/h2-4H,5,9H2,1H3,(H,10,11,12). The zero-order valence-electron chi connectivity index (χ0n) is 7.28. The first-order valence-electron chi connectivity index (χ1n) is 3.76. The van der Waals surface area contributed by atoms with E-state index in [9.17, 15) is 4.79 Å². The van der Waals surface area contributed by atoms with E-state index in [2.05, 4.69) is 10.3 Å². The first-order chi connectivity index (χ1) is 6.26. The highest BCUT2D eigenvalue weighted by atomic mass is 16.5. The Labute approximate surface area is 75.9 Å². The van der Waals surface area contributed by atoms with Gasteiger partial charge in [0.05, 0.1) is 13.7 Å². The summed E-state index contributed by atoms with van der Waals surface area (Å²) >= 11 is 0. The number of pyridine rings is 1. The molecule has 1 aromatic heterocycles. The van der Waals surface area contributed by atoms with Crippen LogP contribution in [0.5, 0.6) is 5.88 Å². The summed E-state index contributed by atoms with van der Waals surface area (Å²) in [5.74, 6) is 0.211. The second-order valence-electron chi connectivity index (χ2n) is 2.34. The fraction of sp³-hybridized carbons (Fsp3) is 0.250. The zero-order valence-corrected chi connectivity index (χ0v) is 7.28. The van der Waals surface area contributed by atoms with Gasteiger partial charge < -0.3 is 15.8 Å². The van der Waals surface area contributed by atoms with Gasteiger partial charge in [0.2, 0.25) is 11.8 Å². The lowest BCUT2D eigenvalue weighted by Crippen LogP contribution is -2.21. The summed E-state index contributed by atoms with van der Waals surface area (Å²) in [7, 11) is 1.51. The predicted molar refractivity (Wildman–Crippen MR) is 48.5 cm³/mol. The van der Waals surface area contributed by atoms with Crippen LogP contribution in [0.4, 0.5) is 5.69 Å². The van der Waals surface area contributed by atoms with Crippen molar-refractivity contribution in [3.05, 3.63) is 18.3 Å². The van der Waals surface area contributed by atoms with Gasteiger partial charge in [0.25, 0.3) is 0 Å². The topological polar surface area (TPSA) is 77.2 Å². The van der Waals surface area contributed by atoms with Crippen LogP contribution in [-0.4, -0.2) is 24.5 Å². The number of aromatic nitrogens is 1. The van der Waals surface area contributed by atoms with Gasteiger partial charge in [-0.3, -0.25) is 4.79 Å². The minimum atomic E-state index is -0.242. The molecule has 1 rings (SSSR count). The van der Waals surface area contributed by atoms with E-state index >= 15 is 0 Å². The molecule has 0 fully saturated rings. The summed E-state index contributed by atoms with van der Waals surface area (Å²) in [5, 5.41) is 2.58. The number of nitrogens with one attached hydrogen (secondary N) is 1. The second-order valence-corrected chi connectivity index (χ2v) is 2.34. The van der Waals surface area contributed by atoms with E-state index in [1.54, 1.807) is 18.3 Å². The molecule has 0 spiro atoms. The molecule has 5 nitrogen and oxygen atoms in total. The molecule has 3 N–H and O–H groups in total. The van der Waals surface area contributed by atoms with Crippen LogP contribution in [-0.2, 0) is 4.79 Å². The number of anilines is 1. The van der Waals surface area contributed by atoms with Crippen molar-refractivity contribution in [3.63, 3.8) is 0 Å². The average Bonchev–Trinajstić information content (AvgIpc) is 2.18. The van der Waals surface area contributed by atoms with E-state index in [0.717, 1.165) is 0 Å². The molecule has 0 aliphatic heterocycles. The number of carbonyl (C=O) groups is 1. The van der Waals surface area contributed by atoms with Crippen molar-refractivity contribution in [2.75, 3.05) is 19.0 Å². The highest BCUT2D eigenvalue weighted by Gasteiger charge is 2.00. The number of rotatable bonds is 3. The summed E-state index contributed by atoms with van der Waals surface area (Å²) in [6.07, 6.45) is 1.55. The van der Waals surface area contributed by atoms with Gasteiger partial charge in [0.15, 0.2) is 0 Å². The van der Waals surface area contributed by atoms with Crippen LogP contribution in [0.2, 0.25) is 0 Å². The number of methoxy groups -OCH3 is 1. The summed E-state index contributed by atoms with van der Waals surface area (Å²) in [5.41, 5.74) is 5.76. The minimum Gasteiger partial charge on any atom is -0.481 e. The van der Waals surface area contributed by atoms with Crippen LogP contribution in [0.25, 0.3) is 0 Å². The molecule has 0 atom stereocenters. The van der Waals surface area contributed by atoms with Crippen LogP contribution in [0.15, 0.2) is 18.3 Å². The molecule has 70 valence electrons. The fourth-order valence-corrected chi connectivity index (χ4v) is 0.811. The molecule has 0 saturated heterocycles. The first kappa shape index (κ1) is 9.47. The Hall–Kier alpha value is -1.62. The Kier molecular flexibility index (Phi) is 3.22. The highest BCUT2D eigenvalue weighted by Crippen LogP contribution is 2.12. The van der Waals surface area contributed by atoms with Gasteiger partial charge in [-0.05, 0) is 6.07 Å². The number of amides is 1. The Morgan fingerprint density at radius 1 is 1.77 bits per heavy atom. The Bertz CT molecular complexity index is 301. The van der Waals surface area contributed by atoms with Gasteiger partial charge in [-0.1, -0.05) is 0 Å². The molecule has 0 aliphatic rings. The van der Waals surface area contributed by atoms with Gasteiger partial charge >= 0.3 is 0 Å². The van der Waals surface area contributed by atoms with E-state index in [1.165, 1.54) is 7.11 Å². The van der Waals surface area contributed by atoms with Crippen molar-refractivity contribution in [3.8, 4) is 5.88 Å². The zero-order chi connectivity index (χ0) is 9.68. The lowest BCUT2D eigenvalue weighted by Gasteiger charge is -2.04. The molecule has 1 amide bonds. The molecule has 0 aromatic carbocycles. The number of carbonyl (C=O) groups excluding carboxylic acids is 1. The molecule has 0 radical (unpaired) electrons. The SMILES string of the molecule is COc1cc(NC(=O)CN)ccn1. The normalized spacial score (nSPS) is 9.38. The van der Waals surface area contributed by atoms with Crippen molar-refractivity contribution >= 4 is 11.6 Å². The van der Waals surface area contributed by atoms with Crippen molar-refractivity contribution in [1.29, 1.82) is 0 Å². The van der Waals surface area contributed by atoms with E-state index in [4.69, 9.17) is 10.5 Å². The summed E-state index contributed by atoms with van der Waals surface area (Å²) < 4.78 is 4.88. The molecule has 0 unspecified atom stereocenters. The molecule has 0 bridgehead atoms. The monoisotopic (exact) mass is 181 g/mol. The summed E-state index contributed by atoms with van der Waals surface area (Å²) in [6.45, 7) is -0.0371. The molecular formula is C8H11N3O2. The number of ether oxygens (including phenoxy) is 1. The third-order valence-corrected chi connectivity index (χ3v) is 1.41. The number of hydrogen-bond acceptors (Lipinski definition) is 4. The summed E-state index contributed by atoms with van der Waals surface area (Å²) in [6, 6.07) is 3.28. The molecule has 0 aliphatic carbocycles. The van der Waals surface area contributed by atoms with Crippen LogP contribution < -0.4 is 15.8 Å². The largest absolute Gasteiger partial charge is 0.481 e. The van der Waals surface area contributed by atoms with Gasteiger partial charge in [0.1, 0.15) is 0 Å². The van der Waals surface area contributed by atoms with Crippen LogP contribution in [0, 0.1) is 0 Å². The third kappa shape index (κ3) is 2.72. The van der Waals surface area contributed by atoms with Crippen LogP contribution in [0.1, 0.15) is 0 Å². The fourth-order valence-electron chi connectivity index (χ4n) is 0.811. The maximum Gasteiger partial charge on any atom is 0.238 e. The van der Waals surface area contributed by atoms with E-state index < -0.39 is 0 Å². The number of nitrogens with two attached hydrogens (primary N) is 1. The third-order valence-electron chi connectivity index (χ3n) is 1.41. The van der Waals surface area contributed by atoms with Gasteiger partial charge in [-0.2, -0.15) is 0 Å². The second kappa shape index (κ2) is 4.42. The van der Waals surface area contributed by atoms with Crippen molar-refractivity contribution in [2.45, 2.75) is 0 Å². The van der Waals surface area contributed by atoms with E-state index in [-0.39, 0.29) is 12.5 Å². The van der Waals surface area contributed by atoms with Gasteiger partial charge in [0, 0.05) is 18.0 Å². The van der Waals surface area contributed by atoms with E-state index in [0.29, 0.717) is 11.6 Å². The quantitative estimate of drug-likeness (QED) is 0.687. The average molecular weight is 181 g/mol. The van der Waals surface area contributed by atoms with Crippen LogP contribution in [0.3, 0.4) is 0 Å². The lowest BCUT2D eigenvalue weighted by atomic mass is 10.4. The molecule has 1 heterocycles. The highest BCUT2D eigenvalue weighted by molar-refractivity contribution is 5.92. The van der Waals surface area contributed by atoms with Crippen LogP contribution >= 0.6 is 0 Å². The number of nitrogens with zero attached hydrogens (tertiary/aromatic N) is 1. The smallest absolute Gasteiger partial charge is 0.238 e. The molecular weight excluding hydrogens is 170 g/mol. The molecule has 13 heavy (non-hydrogen) atoms. The molecule has 0 saturated carbocycles. The maximum atomic E-state index is 10.9. The van der Waals surface area contributed by atoms with Crippen molar-refractivity contribution < 1.29 is 9.53 Å². The molecule has 1 aromatic rings. The Morgan fingerprint density at radius 3 is 3.15 bits per heavy atom. The first-order valence-corrected chi connectivity index (χ1v) is 3.76. The van der Waals surface area contributed by atoms with E-state index in [1.807, 2.05) is 0 Å². The minimum absolute atomic E-state index is 0.0371. The summed E-state index contributed by atoms with van der Waals surface area (Å²) in [4.78, 5) is 14.8. The Morgan fingerprint density at radius 2 is 2.54 bits per heavy atom. The van der Waals surface area contributed by atoms with Gasteiger partial charge in [-0.15, -0.1) is 0 Å². The maximum absolute atomic E-state index is 10.9. The van der Waals surface area contributed by atoms with Crippen molar-refractivity contribution in [2.24, 2.45) is 5.73 Å². The van der Waals surface area contributed by atoms with Crippen molar-refractivity contribution in [1.82, 2.24) is 4.98 Å².